The molecule has 0 bridgehead atoms. The Morgan fingerprint density at radius 2 is 2.50 bits per heavy atom. The Labute approximate surface area is 62.1 Å². The Bertz CT molecular complexity index is 131. The van der Waals surface area contributed by atoms with Crippen LogP contribution in [0.5, 0.6) is 0 Å². The van der Waals surface area contributed by atoms with Gasteiger partial charge in [-0.2, -0.15) is 0 Å². The van der Waals surface area contributed by atoms with Crippen LogP contribution in [0.2, 0.25) is 0 Å². The second-order valence-corrected chi connectivity index (χ2v) is 2.55. The van der Waals surface area contributed by atoms with E-state index in [4.69, 9.17) is 0 Å². The van der Waals surface area contributed by atoms with E-state index in [1.54, 1.807) is 0 Å². The fourth-order valence-corrected chi connectivity index (χ4v) is 1.08. The molecule has 0 saturated carbocycles. The number of nitrogens with one attached hydrogen (secondary N) is 1. The van der Waals surface area contributed by atoms with Gasteiger partial charge in [0.1, 0.15) is 0 Å². The van der Waals surface area contributed by atoms with Crippen molar-refractivity contribution in [2.75, 3.05) is 26.7 Å². The van der Waals surface area contributed by atoms with E-state index in [0.717, 1.165) is 25.6 Å². The van der Waals surface area contributed by atoms with Gasteiger partial charge in [0.05, 0.1) is 6.54 Å². The molecule has 58 valence electrons. The van der Waals surface area contributed by atoms with Gasteiger partial charge in [-0.15, -0.1) is 0 Å². The van der Waals surface area contributed by atoms with Crippen LogP contribution >= 0.6 is 0 Å². The van der Waals surface area contributed by atoms with E-state index < -0.39 is 0 Å². The molecule has 0 unspecified atom stereocenters. The van der Waals surface area contributed by atoms with Gasteiger partial charge in [0, 0.05) is 20.1 Å². The van der Waals surface area contributed by atoms with Gasteiger partial charge in [0.15, 0.2) is 5.96 Å². The highest BCUT2D eigenvalue weighted by atomic mass is 15.3. The first kappa shape index (κ1) is 7.38. The summed E-state index contributed by atoms with van der Waals surface area (Å²) in [4.78, 5) is 6.45. The molecule has 10 heavy (non-hydrogen) atoms. The average Bonchev–Trinajstić information content (AvgIpc) is 2.38. The molecule has 0 saturated heterocycles. The van der Waals surface area contributed by atoms with Crippen LogP contribution < -0.4 is 5.32 Å². The fourth-order valence-electron chi connectivity index (χ4n) is 1.08. The zero-order chi connectivity index (χ0) is 7.40. The highest BCUT2D eigenvalue weighted by Crippen LogP contribution is 1.92. The van der Waals surface area contributed by atoms with Crippen molar-refractivity contribution in [3.63, 3.8) is 0 Å². The highest BCUT2D eigenvalue weighted by Gasteiger charge is 2.07. The molecule has 0 amide bonds. The van der Waals surface area contributed by atoms with Crippen molar-refractivity contribution < 1.29 is 0 Å². The molecule has 1 rings (SSSR count). The van der Waals surface area contributed by atoms with E-state index >= 15 is 0 Å². The van der Waals surface area contributed by atoms with E-state index in [1.807, 2.05) is 0 Å². The molecular weight excluding hydrogens is 126 g/mol. The third-order valence-corrected chi connectivity index (χ3v) is 1.58. The number of rotatable bonds is 2. The fraction of sp³-hybridized carbons (Fsp3) is 0.857. The van der Waals surface area contributed by atoms with E-state index in [0.29, 0.717) is 0 Å². The minimum absolute atomic E-state index is 0.934. The van der Waals surface area contributed by atoms with Crippen molar-refractivity contribution >= 4 is 5.96 Å². The van der Waals surface area contributed by atoms with Crippen LogP contribution in [-0.4, -0.2) is 37.5 Å². The molecule has 0 aromatic heterocycles. The van der Waals surface area contributed by atoms with Crippen LogP contribution in [0.25, 0.3) is 0 Å². The lowest BCUT2D eigenvalue weighted by Gasteiger charge is -2.17. The molecule has 1 heterocycles. The summed E-state index contributed by atoms with van der Waals surface area (Å²) >= 11 is 0. The Morgan fingerprint density at radius 3 is 3.00 bits per heavy atom. The topological polar surface area (TPSA) is 27.6 Å². The molecule has 1 aliphatic heterocycles. The van der Waals surface area contributed by atoms with Crippen LogP contribution in [0.4, 0.5) is 0 Å². The van der Waals surface area contributed by atoms with Crippen molar-refractivity contribution in [3.8, 4) is 0 Å². The molecule has 1 aliphatic rings. The lowest BCUT2D eigenvalue weighted by molar-refractivity contribution is 0.488. The first-order valence-electron chi connectivity index (χ1n) is 3.84. The Balaban J connectivity index is 2.32. The van der Waals surface area contributed by atoms with Gasteiger partial charge in [-0.3, -0.25) is 4.99 Å². The molecule has 3 heteroatoms. The zero-order valence-corrected chi connectivity index (χ0v) is 6.72. The predicted octanol–water partition coefficient (Wildman–Crippen LogP) is 0.287. The molecule has 0 atom stereocenters. The lowest BCUT2D eigenvalue weighted by atomic mass is 10.4. The predicted molar refractivity (Wildman–Crippen MR) is 43.2 cm³/mol. The van der Waals surface area contributed by atoms with Crippen molar-refractivity contribution in [1.82, 2.24) is 10.2 Å². The highest BCUT2D eigenvalue weighted by molar-refractivity contribution is 5.81. The summed E-state index contributed by atoms with van der Waals surface area (Å²) < 4.78 is 0. The Morgan fingerprint density at radius 1 is 1.70 bits per heavy atom. The normalized spacial score (nSPS) is 16.4. The van der Waals surface area contributed by atoms with Crippen LogP contribution in [0, 0.1) is 0 Å². The Kier molecular flexibility index (Phi) is 2.54. The van der Waals surface area contributed by atoms with Crippen molar-refractivity contribution in [1.29, 1.82) is 0 Å². The summed E-state index contributed by atoms with van der Waals surface area (Å²) in [6.07, 6.45) is 1.18. The molecule has 0 aromatic rings. The standard InChI is InChI=1S/C7H15N3/c1-3-6-10(2)7-8-4-5-9-7/h3-6H2,1-2H3,(H,8,9). The first-order chi connectivity index (χ1) is 4.84. The lowest BCUT2D eigenvalue weighted by Crippen LogP contribution is -2.36. The quantitative estimate of drug-likeness (QED) is 0.598. The maximum Gasteiger partial charge on any atom is 0.193 e. The summed E-state index contributed by atoms with van der Waals surface area (Å²) in [6.45, 7) is 5.20. The second kappa shape index (κ2) is 3.44. The minimum Gasteiger partial charge on any atom is -0.354 e. The smallest absolute Gasteiger partial charge is 0.193 e. The van der Waals surface area contributed by atoms with Crippen molar-refractivity contribution in [2.45, 2.75) is 13.3 Å². The van der Waals surface area contributed by atoms with Gasteiger partial charge in [-0.25, -0.2) is 0 Å². The molecule has 3 nitrogen and oxygen atoms in total. The van der Waals surface area contributed by atoms with Crippen LogP contribution in [0.15, 0.2) is 4.99 Å². The SMILES string of the molecule is CCCN(C)C1=NCCN1. The summed E-state index contributed by atoms with van der Waals surface area (Å²) in [5, 5.41) is 3.22. The minimum atomic E-state index is 0.934. The van der Waals surface area contributed by atoms with E-state index in [9.17, 15) is 0 Å². The maximum absolute atomic E-state index is 4.29. The van der Waals surface area contributed by atoms with Gasteiger partial charge >= 0.3 is 0 Å². The second-order valence-electron chi connectivity index (χ2n) is 2.55. The van der Waals surface area contributed by atoms with E-state index in [-0.39, 0.29) is 0 Å². The number of guanidine groups is 1. The average molecular weight is 141 g/mol. The van der Waals surface area contributed by atoms with Gasteiger partial charge < -0.3 is 10.2 Å². The van der Waals surface area contributed by atoms with Crippen LogP contribution in [0.3, 0.4) is 0 Å². The largest absolute Gasteiger partial charge is 0.354 e. The van der Waals surface area contributed by atoms with Crippen LogP contribution in [0.1, 0.15) is 13.3 Å². The zero-order valence-electron chi connectivity index (χ0n) is 6.72. The number of hydrogen-bond acceptors (Lipinski definition) is 3. The molecule has 0 aromatic carbocycles. The number of hydrogen-bond donors (Lipinski definition) is 1. The van der Waals surface area contributed by atoms with E-state index in [2.05, 4.69) is 29.2 Å². The van der Waals surface area contributed by atoms with Gasteiger partial charge in [-0.1, -0.05) is 6.92 Å². The number of aliphatic imine (C=N–C) groups is 1. The maximum atomic E-state index is 4.29. The Hall–Kier alpha value is -0.730. The van der Waals surface area contributed by atoms with Gasteiger partial charge in [-0.05, 0) is 6.42 Å². The molecule has 0 fully saturated rings. The third-order valence-electron chi connectivity index (χ3n) is 1.58. The molecule has 0 radical (unpaired) electrons. The van der Waals surface area contributed by atoms with E-state index in [1.165, 1.54) is 6.42 Å². The molecule has 0 aliphatic carbocycles. The van der Waals surface area contributed by atoms with Gasteiger partial charge in [0.2, 0.25) is 0 Å². The molecule has 1 N–H and O–H groups in total. The third kappa shape index (κ3) is 1.62. The van der Waals surface area contributed by atoms with Crippen molar-refractivity contribution in [2.24, 2.45) is 4.99 Å². The summed E-state index contributed by atoms with van der Waals surface area (Å²) in [6, 6.07) is 0. The first-order valence-corrected chi connectivity index (χ1v) is 3.84. The van der Waals surface area contributed by atoms with Gasteiger partial charge in [0.25, 0.3) is 0 Å². The van der Waals surface area contributed by atoms with Crippen molar-refractivity contribution in [3.05, 3.63) is 0 Å². The molecular formula is C7H15N3. The summed E-state index contributed by atoms with van der Waals surface area (Å²) in [5.41, 5.74) is 0. The molecule has 0 spiro atoms. The van der Waals surface area contributed by atoms with Crippen LogP contribution in [-0.2, 0) is 0 Å². The number of nitrogens with zero attached hydrogens (tertiary/aromatic N) is 2. The summed E-state index contributed by atoms with van der Waals surface area (Å²) in [7, 11) is 2.07. The summed E-state index contributed by atoms with van der Waals surface area (Å²) in [5.74, 6) is 1.06. The monoisotopic (exact) mass is 141 g/mol.